The van der Waals surface area contributed by atoms with Gasteiger partial charge in [0.2, 0.25) is 5.91 Å². The third kappa shape index (κ3) is 2.94. The van der Waals surface area contributed by atoms with Crippen molar-refractivity contribution in [3.05, 3.63) is 29.6 Å². The highest BCUT2D eigenvalue weighted by molar-refractivity contribution is 5.84. The van der Waals surface area contributed by atoms with E-state index in [-0.39, 0.29) is 17.8 Å². The second kappa shape index (κ2) is 4.77. The van der Waals surface area contributed by atoms with E-state index in [1.807, 2.05) is 6.92 Å². The van der Waals surface area contributed by atoms with Crippen LogP contribution in [0.25, 0.3) is 0 Å². The Labute approximate surface area is 88.7 Å². The summed E-state index contributed by atoms with van der Waals surface area (Å²) in [6, 6.07) is 4.07. The number of carbonyl (C=O) groups excluding carboxylic acids is 1. The Morgan fingerprint density at radius 3 is 2.73 bits per heavy atom. The lowest BCUT2D eigenvalue weighted by molar-refractivity contribution is -0.121. The van der Waals surface area contributed by atoms with Gasteiger partial charge in [0, 0.05) is 12.7 Å². The number of anilines is 1. The van der Waals surface area contributed by atoms with Crippen molar-refractivity contribution in [3.8, 4) is 0 Å². The highest BCUT2D eigenvalue weighted by Crippen LogP contribution is 2.16. The van der Waals surface area contributed by atoms with Gasteiger partial charge in [-0.25, -0.2) is 4.39 Å². The zero-order valence-corrected chi connectivity index (χ0v) is 9.10. The minimum absolute atomic E-state index is 0.126. The molecule has 4 heteroatoms. The van der Waals surface area contributed by atoms with Gasteiger partial charge in [-0.3, -0.25) is 4.79 Å². The van der Waals surface area contributed by atoms with E-state index in [0.29, 0.717) is 5.69 Å². The minimum atomic E-state index is -0.379. The Morgan fingerprint density at radius 2 is 2.13 bits per heavy atom. The first kappa shape index (κ1) is 11.5. The predicted molar refractivity (Wildman–Crippen MR) is 58.3 cm³/mol. The number of benzene rings is 1. The quantitative estimate of drug-likeness (QED) is 0.797. The molecule has 0 saturated carbocycles. The van der Waals surface area contributed by atoms with Crippen LogP contribution < -0.4 is 10.6 Å². The number of aryl methyl sites for hydroxylation is 1. The first-order chi connectivity index (χ1) is 7.04. The van der Waals surface area contributed by atoms with E-state index < -0.39 is 0 Å². The van der Waals surface area contributed by atoms with E-state index in [0.717, 1.165) is 5.56 Å². The third-order valence-electron chi connectivity index (χ3n) is 2.21. The Balaban J connectivity index is 2.80. The number of rotatable bonds is 3. The van der Waals surface area contributed by atoms with E-state index in [1.165, 1.54) is 12.1 Å². The molecule has 0 saturated heterocycles. The summed E-state index contributed by atoms with van der Waals surface area (Å²) in [7, 11) is 1.57. The van der Waals surface area contributed by atoms with Gasteiger partial charge in [0.15, 0.2) is 0 Å². The number of nitrogens with one attached hydrogen (secondary N) is 2. The van der Waals surface area contributed by atoms with Crippen LogP contribution in [-0.4, -0.2) is 19.0 Å². The topological polar surface area (TPSA) is 41.1 Å². The van der Waals surface area contributed by atoms with Crippen molar-refractivity contribution >= 4 is 11.6 Å². The van der Waals surface area contributed by atoms with Crippen LogP contribution >= 0.6 is 0 Å². The first-order valence-corrected chi connectivity index (χ1v) is 4.79. The number of hydrogen-bond donors (Lipinski definition) is 2. The van der Waals surface area contributed by atoms with Gasteiger partial charge in [-0.15, -0.1) is 0 Å². The fraction of sp³-hybridized carbons (Fsp3) is 0.364. The summed E-state index contributed by atoms with van der Waals surface area (Å²) < 4.78 is 12.9. The molecule has 1 amide bonds. The Bertz CT molecular complexity index is 366. The lowest BCUT2D eigenvalue weighted by atomic mass is 10.1. The lowest BCUT2D eigenvalue weighted by Crippen LogP contribution is -2.35. The molecule has 3 nitrogen and oxygen atoms in total. The SMILES string of the molecule is CNC(=O)C(C)Nc1cc(F)ccc1C. The van der Waals surface area contributed by atoms with E-state index in [4.69, 9.17) is 0 Å². The van der Waals surface area contributed by atoms with Crippen LogP contribution in [0.15, 0.2) is 18.2 Å². The van der Waals surface area contributed by atoms with Crippen LogP contribution in [0.1, 0.15) is 12.5 Å². The molecule has 1 aromatic rings. The predicted octanol–water partition coefficient (Wildman–Crippen LogP) is 1.68. The number of hydrogen-bond acceptors (Lipinski definition) is 2. The Hall–Kier alpha value is -1.58. The van der Waals surface area contributed by atoms with Crippen molar-refractivity contribution in [3.63, 3.8) is 0 Å². The maximum Gasteiger partial charge on any atom is 0.241 e. The summed E-state index contributed by atoms with van der Waals surface area (Å²) in [6.07, 6.45) is 0. The first-order valence-electron chi connectivity index (χ1n) is 4.79. The normalized spacial score (nSPS) is 12.0. The number of halogens is 1. The molecular formula is C11H15FN2O. The van der Waals surface area contributed by atoms with E-state index >= 15 is 0 Å². The van der Waals surface area contributed by atoms with Gasteiger partial charge >= 0.3 is 0 Å². The van der Waals surface area contributed by atoms with Crippen molar-refractivity contribution in [2.75, 3.05) is 12.4 Å². The van der Waals surface area contributed by atoms with Crippen LogP contribution in [0, 0.1) is 12.7 Å². The molecule has 0 spiro atoms. The van der Waals surface area contributed by atoms with Crippen molar-refractivity contribution in [2.24, 2.45) is 0 Å². The van der Waals surface area contributed by atoms with Crippen molar-refractivity contribution in [1.82, 2.24) is 5.32 Å². The molecule has 0 fully saturated rings. The van der Waals surface area contributed by atoms with Gasteiger partial charge in [0.25, 0.3) is 0 Å². The number of amides is 1. The van der Waals surface area contributed by atoms with Crippen LogP contribution in [0.5, 0.6) is 0 Å². The van der Waals surface area contributed by atoms with Gasteiger partial charge in [-0.2, -0.15) is 0 Å². The highest BCUT2D eigenvalue weighted by Gasteiger charge is 2.11. The molecule has 0 heterocycles. The Morgan fingerprint density at radius 1 is 1.47 bits per heavy atom. The fourth-order valence-electron chi connectivity index (χ4n) is 1.27. The molecule has 1 atom stereocenters. The summed E-state index contributed by atoms with van der Waals surface area (Å²) in [5.74, 6) is -0.439. The molecule has 2 N–H and O–H groups in total. The number of likely N-dealkylation sites (N-methyl/N-ethyl adjacent to an activating group) is 1. The second-order valence-corrected chi connectivity index (χ2v) is 3.44. The van der Waals surface area contributed by atoms with E-state index in [9.17, 15) is 9.18 Å². The molecule has 15 heavy (non-hydrogen) atoms. The molecule has 0 aromatic heterocycles. The fourth-order valence-corrected chi connectivity index (χ4v) is 1.27. The van der Waals surface area contributed by atoms with Gasteiger partial charge < -0.3 is 10.6 Å². The summed E-state index contributed by atoms with van der Waals surface area (Å²) in [5, 5.41) is 5.47. The van der Waals surface area contributed by atoms with Gasteiger partial charge in [0.1, 0.15) is 11.9 Å². The zero-order valence-electron chi connectivity index (χ0n) is 9.10. The standard InChI is InChI=1S/C11H15FN2O/c1-7-4-5-9(12)6-10(7)14-8(2)11(15)13-3/h4-6,8,14H,1-3H3,(H,13,15). The van der Waals surface area contributed by atoms with Crippen molar-refractivity contribution < 1.29 is 9.18 Å². The van der Waals surface area contributed by atoms with Crippen LogP contribution in [0.3, 0.4) is 0 Å². The smallest absolute Gasteiger partial charge is 0.241 e. The summed E-state index contributed by atoms with van der Waals surface area (Å²) in [5.41, 5.74) is 1.55. The van der Waals surface area contributed by atoms with Gasteiger partial charge in [-0.05, 0) is 31.5 Å². The summed E-state index contributed by atoms with van der Waals surface area (Å²) >= 11 is 0. The molecule has 0 aliphatic rings. The zero-order chi connectivity index (χ0) is 11.4. The second-order valence-electron chi connectivity index (χ2n) is 3.44. The third-order valence-corrected chi connectivity index (χ3v) is 2.21. The molecule has 0 radical (unpaired) electrons. The molecule has 82 valence electrons. The average molecular weight is 210 g/mol. The van der Waals surface area contributed by atoms with Crippen molar-refractivity contribution in [1.29, 1.82) is 0 Å². The molecule has 1 unspecified atom stereocenters. The molecule has 1 rings (SSSR count). The largest absolute Gasteiger partial charge is 0.374 e. The molecular weight excluding hydrogens is 195 g/mol. The minimum Gasteiger partial charge on any atom is -0.374 e. The molecule has 0 aliphatic heterocycles. The van der Waals surface area contributed by atoms with Gasteiger partial charge in [-0.1, -0.05) is 6.07 Å². The number of carbonyl (C=O) groups is 1. The van der Waals surface area contributed by atoms with E-state index in [1.54, 1.807) is 20.0 Å². The molecule has 0 aliphatic carbocycles. The Kier molecular flexibility index (Phi) is 3.66. The monoisotopic (exact) mass is 210 g/mol. The summed E-state index contributed by atoms with van der Waals surface area (Å²) in [4.78, 5) is 11.2. The average Bonchev–Trinajstić information content (AvgIpc) is 2.22. The summed E-state index contributed by atoms with van der Waals surface area (Å²) in [6.45, 7) is 3.58. The van der Waals surface area contributed by atoms with Crippen molar-refractivity contribution in [2.45, 2.75) is 19.9 Å². The van der Waals surface area contributed by atoms with Crippen LogP contribution in [0.4, 0.5) is 10.1 Å². The highest BCUT2D eigenvalue weighted by atomic mass is 19.1. The van der Waals surface area contributed by atoms with Crippen LogP contribution in [0.2, 0.25) is 0 Å². The lowest BCUT2D eigenvalue weighted by Gasteiger charge is -2.15. The maximum absolute atomic E-state index is 12.9. The molecule has 1 aromatic carbocycles. The maximum atomic E-state index is 12.9. The van der Waals surface area contributed by atoms with Gasteiger partial charge in [0.05, 0.1) is 0 Å². The van der Waals surface area contributed by atoms with Crippen LogP contribution in [-0.2, 0) is 4.79 Å². The molecule has 0 bridgehead atoms. The van der Waals surface area contributed by atoms with E-state index in [2.05, 4.69) is 10.6 Å².